The average molecular weight is 316 g/mol. The summed E-state index contributed by atoms with van der Waals surface area (Å²) < 4.78 is 7.34. The Balaban J connectivity index is 1.63. The van der Waals surface area contributed by atoms with Crippen molar-refractivity contribution in [3.05, 3.63) is 30.2 Å². The van der Waals surface area contributed by atoms with E-state index in [1.54, 1.807) is 0 Å². The Hall–Kier alpha value is -1.95. The van der Waals surface area contributed by atoms with E-state index in [0.717, 1.165) is 43.8 Å². The van der Waals surface area contributed by atoms with Crippen molar-refractivity contribution in [1.82, 2.24) is 19.5 Å². The van der Waals surface area contributed by atoms with Crippen molar-refractivity contribution in [3.8, 4) is 0 Å². The molecule has 3 heterocycles. The molecular formula is C17H24N4O2. The molecule has 1 saturated heterocycles. The van der Waals surface area contributed by atoms with E-state index in [4.69, 9.17) is 4.74 Å². The summed E-state index contributed by atoms with van der Waals surface area (Å²) in [5, 5.41) is 8.58. The van der Waals surface area contributed by atoms with Crippen LogP contribution in [0.15, 0.2) is 24.4 Å². The van der Waals surface area contributed by atoms with Crippen molar-refractivity contribution in [3.63, 3.8) is 0 Å². The summed E-state index contributed by atoms with van der Waals surface area (Å²) in [5.74, 6) is 1.45. The summed E-state index contributed by atoms with van der Waals surface area (Å²) in [6, 6.07) is 5.90. The zero-order valence-electron chi connectivity index (χ0n) is 13.6. The first-order chi connectivity index (χ1) is 11.3. The highest BCUT2D eigenvalue weighted by atomic mass is 16.5. The van der Waals surface area contributed by atoms with Gasteiger partial charge in [0.15, 0.2) is 5.65 Å². The van der Waals surface area contributed by atoms with E-state index in [1.807, 2.05) is 40.6 Å². The van der Waals surface area contributed by atoms with Gasteiger partial charge in [0.1, 0.15) is 5.82 Å². The number of likely N-dealkylation sites (tertiary alicyclic amines) is 1. The van der Waals surface area contributed by atoms with E-state index in [0.29, 0.717) is 19.6 Å². The van der Waals surface area contributed by atoms with Crippen LogP contribution in [0, 0.1) is 0 Å². The molecule has 0 N–H and O–H groups in total. The minimum atomic E-state index is 0.225. The Morgan fingerprint density at radius 2 is 2.30 bits per heavy atom. The predicted octanol–water partition coefficient (Wildman–Crippen LogP) is 2.25. The largest absolute Gasteiger partial charge is 0.382 e. The number of nitrogens with zero attached hydrogens (tertiary/aromatic N) is 4. The third kappa shape index (κ3) is 3.69. The normalized spacial score (nSPS) is 18.5. The molecule has 0 bridgehead atoms. The summed E-state index contributed by atoms with van der Waals surface area (Å²) in [5.41, 5.74) is 0.864. The first-order valence-corrected chi connectivity index (χ1v) is 8.44. The molecule has 1 fully saturated rings. The number of ether oxygens (including phenoxy) is 1. The molecule has 6 nitrogen and oxygen atoms in total. The zero-order valence-corrected chi connectivity index (χ0v) is 13.6. The van der Waals surface area contributed by atoms with Crippen LogP contribution in [0.4, 0.5) is 0 Å². The van der Waals surface area contributed by atoms with Gasteiger partial charge in [-0.15, -0.1) is 10.2 Å². The minimum Gasteiger partial charge on any atom is -0.382 e. The number of amides is 1. The highest BCUT2D eigenvalue weighted by Gasteiger charge is 2.27. The van der Waals surface area contributed by atoms with Gasteiger partial charge in [-0.2, -0.15) is 0 Å². The Bertz CT molecular complexity index is 655. The van der Waals surface area contributed by atoms with Gasteiger partial charge in [-0.3, -0.25) is 9.20 Å². The standard InChI is InChI=1S/C17H24N4O2/c1-2-23-12-6-9-16(22)20-10-5-7-14(13-20)17-19-18-15-8-3-4-11-21(15)17/h3-4,8,11,14H,2,5-7,9-10,12-13H2,1H3/t14-/m0/s1. The van der Waals surface area contributed by atoms with E-state index >= 15 is 0 Å². The van der Waals surface area contributed by atoms with Gasteiger partial charge >= 0.3 is 0 Å². The lowest BCUT2D eigenvalue weighted by Gasteiger charge is -2.32. The highest BCUT2D eigenvalue weighted by Crippen LogP contribution is 2.26. The predicted molar refractivity (Wildman–Crippen MR) is 87.3 cm³/mol. The number of hydrogen-bond donors (Lipinski definition) is 0. The van der Waals surface area contributed by atoms with Gasteiger partial charge in [0.25, 0.3) is 0 Å². The van der Waals surface area contributed by atoms with Gasteiger partial charge in [-0.25, -0.2) is 0 Å². The SMILES string of the molecule is CCOCCCC(=O)N1CCC[C@H](c2nnc3ccccn23)C1. The van der Waals surface area contributed by atoms with E-state index in [9.17, 15) is 4.79 Å². The molecule has 1 aliphatic rings. The number of piperidine rings is 1. The number of fused-ring (bicyclic) bond motifs is 1. The number of carbonyl (C=O) groups is 1. The maximum Gasteiger partial charge on any atom is 0.222 e. The van der Waals surface area contributed by atoms with Gasteiger partial charge in [0.2, 0.25) is 5.91 Å². The fourth-order valence-corrected chi connectivity index (χ4v) is 3.18. The van der Waals surface area contributed by atoms with Crippen LogP contribution >= 0.6 is 0 Å². The lowest BCUT2D eigenvalue weighted by Crippen LogP contribution is -2.39. The molecule has 6 heteroatoms. The minimum absolute atomic E-state index is 0.225. The molecule has 1 atom stereocenters. The quantitative estimate of drug-likeness (QED) is 0.767. The first kappa shape index (κ1) is 15.9. The first-order valence-electron chi connectivity index (χ1n) is 8.44. The van der Waals surface area contributed by atoms with Crippen LogP contribution in [-0.2, 0) is 9.53 Å². The lowest BCUT2D eigenvalue weighted by atomic mass is 9.97. The number of hydrogen-bond acceptors (Lipinski definition) is 4. The Morgan fingerprint density at radius 1 is 1.39 bits per heavy atom. The second-order valence-corrected chi connectivity index (χ2v) is 5.97. The van der Waals surface area contributed by atoms with E-state index in [1.165, 1.54) is 0 Å². The van der Waals surface area contributed by atoms with Crippen molar-refractivity contribution >= 4 is 11.6 Å². The summed E-state index contributed by atoms with van der Waals surface area (Å²) >= 11 is 0. The van der Waals surface area contributed by atoms with Crippen molar-refractivity contribution in [2.45, 2.75) is 38.5 Å². The maximum absolute atomic E-state index is 12.4. The smallest absolute Gasteiger partial charge is 0.222 e. The van der Waals surface area contributed by atoms with Crippen LogP contribution in [0.3, 0.4) is 0 Å². The van der Waals surface area contributed by atoms with Crippen LogP contribution in [0.5, 0.6) is 0 Å². The molecule has 3 rings (SSSR count). The lowest BCUT2D eigenvalue weighted by molar-refractivity contribution is -0.132. The van der Waals surface area contributed by atoms with Crippen LogP contribution in [-0.4, -0.2) is 51.7 Å². The highest BCUT2D eigenvalue weighted by molar-refractivity contribution is 5.76. The monoisotopic (exact) mass is 316 g/mol. The third-order valence-corrected chi connectivity index (χ3v) is 4.36. The molecule has 1 amide bonds. The molecule has 2 aromatic heterocycles. The Kier molecular flexibility index (Phi) is 5.23. The van der Waals surface area contributed by atoms with Gasteiger partial charge in [-0.1, -0.05) is 6.07 Å². The molecule has 23 heavy (non-hydrogen) atoms. The fraction of sp³-hybridized carbons (Fsp3) is 0.588. The second-order valence-electron chi connectivity index (χ2n) is 5.97. The van der Waals surface area contributed by atoms with E-state index in [-0.39, 0.29) is 11.8 Å². The summed E-state index contributed by atoms with van der Waals surface area (Å²) in [4.78, 5) is 14.3. The van der Waals surface area contributed by atoms with Crippen molar-refractivity contribution in [1.29, 1.82) is 0 Å². The average Bonchev–Trinajstić information content (AvgIpc) is 3.03. The van der Waals surface area contributed by atoms with Gasteiger partial charge in [-0.05, 0) is 38.3 Å². The second kappa shape index (κ2) is 7.55. The molecule has 0 aliphatic carbocycles. The van der Waals surface area contributed by atoms with E-state index < -0.39 is 0 Å². The summed E-state index contributed by atoms with van der Waals surface area (Å²) in [7, 11) is 0. The molecule has 124 valence electrons. The van der Waals surface area contributed by atoms with E-state index in [2.05, 4.69) is 10.2 Å². The molecule has 0 aromatic carbocycles. The van der Waals surface area contributed by atoms with Gasteiger partial charge < -0.3 is 9.64 Å². The molecule has 0 radical (unpaired) electrons. The van der Waals surface area contributed by atoms with Gasteiger partial charge in [0.05, 0.1) is 0 Å². The fourth-order valence-electron chi connectivity index (χ4n) is 3.18. The summed E-state index contributed by atoms with van der Waals surface area (Å²) in [6.45, 7) is 4.93. The van der Waals surface area contributed by atoms with Crippen molar-refractivity contribution in [2.24, 2.45) is 0 Å². The van der Waals surface area contributed by atoms with Crippen LogP contribution in [0.25, 0.3) is 5.65 Å². The van der Waals surface area contributed by atoms with Crippen LogP contribution < -0.4 is 0 Å². The molecule has 0 saturated carbocycles. The van der Waals surface area contributed by atoms with Crippen molar-refractivity contribution < 1.29 is 9.53 Å². The van der Waals surface area contributed by atoms with Crippen LogP contribution in [0.1, 0.15) is 44.3 Å². The van der Waals surface area contributed by atoms with Gasteiger partial charge in [0, 0.05) is 44.8 Å². The number of carbonyl (C=O) groups excluding carboxylic acids is 1. The third-order valence-electron chi connectivity index (χ3n) is 4.36. The molecule has 0 spiro atoms. The number of aromatic nitrogens is 3. The number of pyridine rings is 1. The Labute approximate surface area is 136 Å². The van der Waals surface area contributed by atoms with Crippen LogP contribution in [0.2, 0.25) is 0 Å². The molecule has 1 aliphatic heterocycles. The summed E-state index contributed by atoms with van der Waals surface area (Å²) in [6.07, 6.45) is 5.42. The molecule has 0 unspecified atom stereocenters. The molecule has 2 aromatic rings. The number of rotatable bonds is 6. The maximum atomic E-state index is 12.4. The Morgan fingerprint density at radius 3 is 3.17 bits per heavy atom. The molecular weight excluding hydrogens is 292 g/mol. The topological polar surface area (TPSA) is 59.7 Å². The van der Waals surface area contributed by atoms with Crippen molar-refractivity contribution in [2.75, 3.05) is 26.3 Å². The zero-order chi connectivity index (χ0) is 16.1.